The predicted octanol–water partition coefficient (Wildman–Crippen LogP) is 0.837. The first-order valence-electron chi connectivity index (χ1n) is 8.96. The first-order chi connectivity index (χ1) is 10.9. The quantitative estimate of drug-likeness (QED) is 0.793. The van der Waals surface area contributed by atoms with Gasteiger partial charge in [0.25, 0.3) is 0 Å². The number of nitrogens with one attached hydrogen (secondary N) is 2. The van der Waals surface area contributed by atoms with E-state index >= 15 is 0 Å². The van der Waals surface area contributed by atoms with Crippen molar-refractivity contribution in [3.8, 4) is 0 Å². The maximum absolute atomic E-state index is 12.6. The maximum atomic E-state index is 12.6. The molecule has 2 atom stereocenters. The third-order valence-electron chi connectivity index (χ3n) is 5.62. The van der Waals surface area contributed by atoms with E-state index in [0.29, 0.717) is 5.92 Å². The topological polar surface area (TPSA) is 78.5 Å². The number of sulfonamides is 1. The molecule has 2 heterocycles. The van der Waals surface area contributed by atoms with Gasteiger partial charge in [-0.1, -0.05) is 6.92 Å². The Hall–Kier alpha value is -0.660. The zero-order chi connectivity index (χ0) is 16.4. The normalized spacial score (nSPS) is 35.1. The number of carbonyl (C=O) groups is 1. The molecule has 0 radical (unpaired) electrons. The summed E-state index contributed by atoms with van der Waals surface area (Å²) in [4.78, 5) is 14.4. The van der Waals surface area contributed by atoms with Gasteiger partial charge in [0.15, 0.2) is 0 Å². The number of rotatable bonds is 4. The van der Waals surface area contributed by atoms with Crippen molar-refractivity contribution in [2.75, 3.05) is 18.8 Å². The lowest BCUT2D eigenvalue weighted by Gasteiger charge is -2.29. The second-order valence-corrected chi connectivity index (χ2v) is 9.27. The van der Waals surface area contributed by atoms with Crippen LogP contribution >= 0.6 is 0 Å². The Morgan fingerprint density at radius 3 is 2.52 bits per heavy atom. The van der Waals surface area contributed by atoms with E-state index in [1.165, 1.54) is 0 Å². The third kappa shape index (κ3) is 4.25. The Morgan fingerprint density at radius 1 is 1.09 bits per heavy atom. The molecule has 1 amide bonds. The molecule has 0 aromatic rings. The van der Waals surface area contributed by atoms with Crippen molar-refractivity contribution in [3.63, 3.8) is 0 Å². The number of fused-ring (bicyclic) bond motifs is 2. The van der Waals surface area contributed by atoms with Crippen LogP contribution in [0.1, 0.15) is 51.9 Å². The lowest BCUT2D eigenvalue weighted by atomic mass is 9.88. The highest BCUT2D eigenvalue weighted by Crippen LogP contribution is 2.28. The molecule has 0 spiro atoms. The van der Waals surface area contributed by atoms with Gasteiger partial charge in [0.2, 0.25) is 15.9 Å². The van der Waals surface area contributed by atoms with E-state index in [1.54, 1.807) is 0 Å². The Kier molecular flexibility index (Phi) is 5.28. The first kappa shape index (κ1) is 17.2. The summed E-state index contributed by atoms with van der Waals surface area (Å²) in [6.45, 7) is 3.91. The molecule has 23 heavy (non-hydrogen) atoms. The van der Waals surface area contributed by atoms with E-state index in [9.17, 15) is 13.2 Å². The van der Waals surface area contributed by atoms with Crippen LogP contribution in [-0.2, 0) is 14.8 Å². The minimum atomic E-state index is -3.54. The van der Waals surface area contributed by atoms with Gasteiger partial charge in [0.1, 0.15) is 5.75 Å². The Morgan fingerprint density at radius 2 is 1.78 bits per heavy atom. The maximum Gasteiger partial charge on any atom is 0.239 e. The van der Waals surface area contributed by atoms with Crippen molar-refractivity contribution in [1.82, 2.24) is 14.9 Å². The summed E-state index contributed by atoms with van der Waals surface area (Å²) in [5.41, 5.74) is 0. The molecule has 1 aliphatic carbocycles. The van der Waals surface area contributed by atoms with Crippen molar-refractivity contribution >= 4 is 15.9 Å². The van der Waals surface area contributed by atoms with Crippen LogP contribution in [0, 0.1) is 5.92 Å². The highest BCUT2D eigenvalue weighted by atomic mass is 32.2. The minimum Gasteiger partial charge on any atom is -0.334 e. The molecule has 2 unspecified atom stereocenters. The monoisotopic (exact) mass is 343 g/mol. The summed E-state index contributed by atoms with van der Waals surface area (Å²) in [5.74, 6) is 0.0574. The van der Waals surface area contributed by atoms with Crippen LogP contribution in [0.15, 0.2) is 0 Å². The van der Waals surface area contributed by atoms with Crippen molar-refractivity contribution in [2.45, 2.75) is 70.0 Å². The number of nitrogens with zero attached hydrogens (tertiary/aromatic N) is 1. The summed E-state index contributed by atoms with van der Waals surface area (Å²) in [6, 6.07) is 0.389. The fourth-order valence-electron chi connectivity index (χ4n) is 4.30. The fraction of sp³-hybridized carbons (Fsp3) is 0.938. The van der Waals surface area contributed by atoms with Gasteiger partial charge in [-0.25, -0.2) is 13.1 Å². The van der Waals surface area contributed by atoms with Crippen LogP contribution in [0.25, 0.3) is 0 Å². The highest BCUT2D eigenvalue weighted by molar-refractivity contribution is 7.90. The lowest BCUT2D eigenvalue weighted by molar-refractivity contribution is -0.130. The third-order valence-corrected chi connectivity index (χ3v) is 6.94. The van der Waals surface area contributed by atoms with Crippen molar-refractivity contribution < 1.29 is 13.2 Å². The SMILES string of the molecule is CC1CCC(NS(=O)(=O)CC(=O)N2C3CCNCC2CC3)CC1. The smallest absolute Gasteiger partial charge is 0.239 e. The van der Waals surface area contributed by atoms with Crippen molar-refractivity contribution in [2.24, 2.45) is 5.92 Å². The molecule has 132 valence electrons. The van der Waals surface area contributed by atoms with Gasteiger partial charge in [-0.15, -0.1) is 0 Å². The molecule has 3 fully saturated rings. The van der Waals surface area contributed by atoms with Gasteiger partial charge in [0.05, 0.1) is 0 Å². The van der Waals surface area contributed by atoms with Crippen LogP contribution in [0.5, 0.6) is 0 Å². The molecule has 2 N–H and O–H groups in total. The van der Waals surface area contributed by atoms with Crippen LogP contribution in [0.4, 0.5) is 0 Å². The number of hydrogen-bond acceptors (Lipinski definition) is 4. The molecule has 1 saturated carbocycles. The van der Waals surface area contributed by atoms with Crippen molar-refractivity contribution in [3.05, 3.63) is 0 Å². The van der Waals surface area contributed by atoms with E-state index < -0.39 is 15.8 Å². The molecule has 3 aliphatic rings. The Bertz CT molecular complexity index is 515. The molecule has 7 heteroatoms. The van der Waals surface area contributed by atoms with Crippen LogP contribution in [-0.4, -0.2) is 56.2 Å². The molecule has 3 rings (SSSR count). The molecular weight excluding hydrogens is 314 g/mol. The molecule has 2 bridgehead atoms. The predicted molar refractivity (Wildman–Crippen MR) is 89.5 cm³/mol. The second kappa shape index (κ2) is 7.07. The number of hydrogen-bond donors (Lipinski definition) is 2. The number of carbonyl (C=O) groups excluding carboxylic acids is 1. The average molecular weight is 343 g/mol. The highest BCUT2D eigenvalue weighted by Gasteiger charge is 2.39. The molecule has 0 aromatic heterocycles. The summed E-state index contributed by atoms with van der Waals surface area (Å²) >= 11 is 0. The molecule has 0 aromatic carbocycles. The molecule has 2 saturated heterocycles. The van der Waals surface area contributed by atoms with Gasteiger partial charge in [0, 0.05) is 24.7 Å². The van der Waals surface area contributed by atoms with E-state index in [2.05, 4.69) is 17.0 Å². The molecule has 6 nitrogen and oxygen atoms in total. The van der Waals surface area contributed by atoms with Gasteiger partial charge < -0.3 is 10.2 Å². The minimum absolute atomic E-state index is 0.00604. The van der Waals surface area contributed by atoms with Gasteiger partial charge in [-0.2, -0.15) is 0 Å². The van der Waals surface area contributed by atoms with E-state index in [4.69, 9.17) is 0 Å². The zero-order valence-electron chi connectivity index (χ0n) is 14.0. The van der Waals surface area contributed by atoms with Gasteiger partial charge >= 0.3 is 0 Å². The average Bonchev–Trinajstić information content (AvgIpc) is 2.74. The standard InChI is InChI=1S/C16H29N3O3S/c1-12-2-4-13(5-3-12)18-23(21,22)11-16(20)19-14-6-7-15(19)10-17-9-8-14/h12-15,17-18H,2-11H2,1H3. The largest absolute Gasteiger partial charge is 0.334 e. The van der Waals surface area contributed by atoms with Crippen LogP contribution in [0.2, 0.25) is 0 Å². The second-order valence-electron chi connectivity index (χ2n) is 7.51. The molecule has 2 aliphatic heterocycles. The number of amides is 1. The zero-order valence-corrected chi connectivity index (χ0v) is 14.8. The first-order valence-corrected chi connectivity index (χ1v) is 10.6. The van der Waals surface area contributed by atoms with Gasteiger partial charge in [-0.3, -0.25) is 4.79 Å². The molecular formula is C16H29N3O3S. The van der Waals surface area contributed by atoms with Crippen LogP contribution < -0.4 is 10.0 Å². The Labute approximate surface area is 139 Å². The Balaban J connectivity index is 1.58. The summed E-state index contributed by atoms with van der Waals surface area (Å²) in [7, 11) is -3.54. The van der Waals surface area contributed by atoms with E-state index in [0.717, 1.165) is 58.0 Å². The van der Waals surface area contributed by atoms with E-state index in [-0.39, 0.29) is 24.0 Å². The summed E-state index contributed by atoms with van der Waals surface area (Å²) in [6.07, 6.45) is 6.80. The van der Waals surface area contributed by atoms with E-state index in [1.807, 2.05) is 4.90 Å². The fourth-order valence-corrected chi connectivity index (χ4v) is 5.60. The lowest BCUT2D eigenvalue weighted by Crippen LogP contribution is -2.48. The van der Waals surface area contributed by atoms with Gasteiger partial charge in [-0.05, 0) is 57.4 Å². The van der Waals surface area contributed by atoms with Crippen LogP contribution in [0.3, 0.4) is 0 Å². The summed E-state index contributed by atoms with van der Waals surface area (Å²) in [5, 5.41) is 3.34. The van der Waals surface area contributed by atoms with Crippen molar-refractivity contribution in [1.29, 1.82) is 0 Å². The summed E-state index contributed by atoms with van der Waals surface area (Å²) < 4.78 is 27.5.